The van der Waals surface area contributed by atoms with E-state index in [4.69, 9.17) is 4.98 Å². The van der Waals surface area contributed by atoms with Gasteiger partial charge >= 0.3 is 0 Å². The average molecular weight is 387 g/mol. The van der Waals surface area contributed by atoms with Gasteiger partial charge < -0.3 is 4.98 Å². The molecular weight excluding hydrogens is 366 g/mol. The van der Waals surface area contributed by atoms with Crippen molar-refractivity contribution >= 4 is 11.0 Å². The number of H-pyrrole nitrogens is 1. The van der Waals surface area contributed by atoms with E-state index in [9.17, 15) is 4.79 Å². The molecule has 0 saturated heterocycles. The normalized spacial score (nSPS) is 14.2. The summed E-state index contributed by atoms with van der Waals surface area (Å²) in [6.45, 7) is 4.21. The lowest BCUT2D eigenvalue weighted by Crippen LogP contribution is -2.32. The van der Waals surface area contributed by atoms with Crippen molar-refractivity contribution < 1.29 is 0 Å². The van der Waals surface area contributed by atoms with Crippen molar-refractivity contribution in [2.75, 3.05) is 6.54 Å². The van der Waals surface area contributed by atoms with Crippen LogP contribution in [0.15, 0.2) is 47.5 Å². The fourth-order valence-electron chi connectivity index (χ4n) is 3.71. The Labute approximate surface area is 167 Å². The predicted molar refractivity (Wildman–Crippen MR) is 109 cm³/mol. The van der Waals surface area contributed by atoms with Gasteiger partial charge in [0.1, 0.15) is 17.0 Å². The van der Waals surface area contributed by atoms with Gasteiger partial charge in [0.2, 0.25) is 0 Å². The molecule has 8 heteroatoms. The number of benzene rings is 1. The molecule has 0 unspecified atom stereocenters. The van der Waals surface area contributed by atoms with E-state index in [1.165, 1.54) is 5.56 Å². The number of aromatic amines is 1. The van der Waals surface area contributed by atoms with Crippen molar-refractivity contribution in [1.29, 1.82) is 0 Å². The first-order chi connectivity index (χ1) is 14.2. The maximum absolute atomic E-state index is 12.6. The smallest absolute Gasteiger partial charge is 0.262 e. The second-order valence-corrected chi connectivity index (χ2v) is 7.21. The Hall–Kier alpha value is -3.39. The van der Waals surface area contributed by atoms with Crippen LogP contribution in [0, 0.1) is 0 Å². The van der Waals surface area contributed by atoms with E-state index in [0.29, 0.717) is 23.4 Å². The van der Waals surface area contributed by atoms with Crippen molar-refractivity contribution in [1.82, 2.24) is 34.6 Å². The maximum Gasteiger partial charge on any atom is 0.262 e. The first kappa shape index (κ1) is 17.7. The number of hydrogen-bond acceptors (Lipinski definition) is 6. The zero-order chi connectivity index (χ0) is 19.8. The lowest BCUT2D eigenvalue weighted by molar-refractivity contribution is 0.235. The van der Waals surface area contributed by atoms with Crippen LogP contribution in [0.3, 0.4) is 0 Å². The Bertz CT molecular complexity index is 1230. The number of fused-ring (bicyclic) bond motifs is 2. The average Bonchev–Trinajstić information content (AvgIpc) is 3.18. The summed E-state index contributed by atoms with van der Waals surface area (Å²) < 4.78 is 1.71. The first-order valence-electron chi connectivity index (χ1n) is 9.79. The monoisotopic (exact) mass is 387 g/mol. The molecule has 0 saturated carbocycles. The molecule has 0 radical (unpaired) electrons. The molecule has 1 aliphatic rings. The second kappa shape index (κ2) is 7.21. The summed E-state index contributed by atoms with van der Waals surface area (Å²) in [6, 6.07) is 9.72. The van der Waals surface area contributed by atoms with Crippen LogP contribution in [0.1, 0.15) is 29.8 Å². The van der Waals surface area contributed by atoms with Crippen molar-refractivity contribution in [2.45, 2.75) is 32.9 Å². The summed E-state index contributed by atoms with van der Waals surface area (Å²) in [4.78, 5) is 31.5. The SMILES string of the molecule is CCc1ncc2c(n1)CN(Cc1nc3c(cnn3-c3ccccc3)c(=O)[nH]1)CC2. The van der Waals surface area contributed by atoms with Crippen LogP contribution in [0.4, 0.5) is 0 Å². The minimum absolute atomic E-state index is 0.166. The largest absolute Gasteiger partial charge is 0.309 e. The number of rotatable bonds is 4. The predicted octanol–water partition coefficient (Wildman–Crippen LogP) is 2.02. The Morgan fingerprint density at radius 1 is 1.14 bits per heavy atom. The fourth-order valence-corrected chi connectivity index (χ4v) is 3.71. The quantitative estimate of drug-likeness (QED) is 0.576. The molecule has 8 nitrogen and oxygen atoms in total. The van der Waals surface area contributed by atoms with E-state index in [-0.39, 0.29) is 5.56 Å². The first-order valence-corrected chi connectivity index (χ1v) is 9.79. The highest BCUT2D eigenvalue weighted by Gasteiger charge is 2.20. The Morgan fingerprint density at radius 3 is 2.83 bits per heavy atom. The minimum Gasteiger partial charge on any atom is -0.309 e. The molecule has 1 aliphatic heterocycles. The van der Waals surface area contributed by atoms with E-state index in [1.807, 2.05) is 36.5 Å². The van der Waals surface area contributed by atoms with Crippen LogP contribution >= 0.6 is 0 Å². The van der Waals surface area contributed by atoms with Gasteiger partial charge in [-0.3, -0.25) is 9.69 Å². The molecule has 0 aliphatic carbocycles. The topological polar surface area (TPSA) is 92.6 Å². The van der Waals surface area contributed by atoms with E-state index >= 15 is 0 Å². The van der Waals surface area contributed by atoms with Gasteiger partial charge in [0.15, 0.2) is 5.65 Å². The minimum atomic E-state index is -0.166. The number of nitrogens with zero attached hydrogens (tertiary/aromatic N) is 6. The van der Waals surface area contributed by atoms with Gasteiger partial charge in [-0.25, -0.2) is 19.6 Å². The van der Waals surface area contributed by atoms with Gasteiger partial charge in [0.05, 0.1) is 24.1 Å². The van der Waals surface area contributed by atoms with Gasteiger partial charge in [-0.15, -0.1) is 0 Å². The third-order valence-corrected chi connectivity index (χ3v) is 5.25. The molecule has 0 atom stereocenters. The number of aryl methyl sites for hydroxylation is 1. The summed E-state index contributed by atoms with van der Waals surface area (Å²) in [5.41, 5.74) is 3.56. The van der Waals surface area contributed by atoms with Crippen molar-refractivity contribution in [3.8, 4) is 5.69 Å². The number of hydrogen-bond donors (Lipinski definition) is 1. The Kier molecular flexibility index (Phi) is 4.40. The van der Waals surface area contributed by atoms with E-state index in [0.717, 1.165) is 43.1 Å². The van der Waals surface area contributed by atoms with Gasteiger partial charge in [0, 0.05) is 25.7 Å². The van der Waals surface area contributed by atoms with Crippen LogP contribution in [0.5, 0.6) is 0 Å². The van der Waals surface area contributed by atoms with Gasteiger partial charge in [-0.05, 0) is 24.1 Å². The van der Waals surface area contributed by atoms with Crippen LogP contribution < -0.4 is 5.56 Å². The number of para-hydroxylation sites is 1. The highest BCUT2D eigenvalue weighted by Crippen LogP contribution is 2.19. The Morgan fingerprint density at radius 2 is 2.00 bits per heavy atom. The van der Waals surface area contributed by atoms with Gasteiger partial charge in [-0.2, -0.15) is 5.10 Å². The Balaban J connectivity index is 1.46. The molecule has 3 aromatic heterocycles. The zero-order valence-electron chi connectivity index (χ0n) is 16.2. The molecule has 0 fully saturated rings. The van der Waals surface area contributed by atoms with Crippen molar-refractivity contribution in [3.63, 3.8) is 0 Å². The van der Waals surface area contributed by atoms with Crippen LogP contribution in [-0.4, -0.2) is 41.2 Å². The molecule has 0 amide bonds. The molecule has 0 bridgehead atoms. The van der Waals surface area contributed by atoms with Crippen molar-refractivity contribution in [3.05, 3.63) is 76.0 Å². The maximum atomic E-state index is 12.6. The third-order valence-electron chi connectivity index (χ3n) is 5.25. The summed E-state index contributed by atoms with van der Waals surface area (Å²) in [7, 11) is 0. The lowest BCUT2D eigenvalue weighted by Gasteiger charge is -2.27. The van der Waals surface area contributed by atoms with Crippen LogP contribution in [0.2, 0.25) is 0 Å². The second-order valence-electron chi connectivity index (χ2n) is 7.21. The molecule has 4 heterocycles. The molecule has 4 aromatic rings. The molecule has 0 spiro atoms. The van der Waals surface area contributed by atoms with Gasteiger partial charge in [0.25, 0.3) is 5.56 Å². The number of nitrogens with one attached hydrogen (secondary N) is 1. The highest BCUT2D eigenvalue weighted by atomic mass is 16.1. The van der Waals surface area contributed by atoms with Crippen LogP contribution in [-0.2, 0) is 25.9 Å². The standard InChI is InChI=1S/C21H21N7O/c1-2-18-22-10-14-8-9-27(12-17(14)24-18)13-19-25-20-16(21(29)26-19)11-23-28(20)15-6-4-3-5-7-15/h3-7,10-11H,2,8-9,12-13H2,1H3,(H,25,26,29). The molecule has 146 valence electrons. The molecule has 29 heavy (non-hydrogen) atoms. The summed E-state index contributed by atoms with van der Waals surface area (Å²) in [5, 5.41) is 4.85. The van der Waals surface area contributed by atoms with E-state index < -0.39 is 0 Å². The highest BCUT2D eigenvalue weighted by molar-refractivity contribution is 5.75. The summed E-state index contributed by atoms with van der Waals surface area (Å²) in [6.07, 6.45) is 5.23. The zero-order valence-corrected chi connectivity index (χ0v) is 16.2. The molecule has 1 aromatic carbocycles. The third kappa shape index (κ3) is 3.31. The van der Waals surface area contributed by atoms with E-state index in [1.54, 1.807) is 10.9 Å². The molecule has 5 rings (SSSR count). The summed E-state index contributed by atoms with van der Waals surface area (Å²) in [5.74, 6) is 1.50. The van der Waals surface area contributed by atoms with E-state index in [2.05, 4.69) is 31.9 Å². The number of aromatic nitrogens is 6. The summed E-state index contributed by atoms with van der Waals surface area (Å²) >= 11 is 0. The molecule has 1 N–H and O–H groups in total. The fraction of sp³-hybridized carbons (Fsp3) is 0.286. The van der Waals surface area contributed by atoms with Crippen molar-refractivity contribution in [2.24, 2.45) is 0 Å². The lowest BCUT2D eigenvalue weighted by atomic mass is 10.1. The van der Waals surface area contributed by atoms with Crippen LogP contribution in [0.25, 0.3) is 16.7 Å². The molecular formula is C21H21N7O. The van der Waals surface area contributed by atoms with Gasteiger partial charge in [-0.1, -0.05) is 25.1 Å².